The smallest absolute Gasteiger partial charge is 0.338 e. The number of thioether (sulfide) groups is 1. The minimum absolute atomic E-state index is 0.0763. The van der Waals surface area contributed by atoms with Crippen LogP contribution >= 0.6 is 11.8 Å². The van der Waals surface area contributed by atoms with E-state index in [0.717, 1.165) is 27.8 Å². The number of hydrogen-bond acceptors (Lipinski definition) is 13. The van der Waals surface area contributed by atoms with Crippen molar-refractivity contribution in [3.63, 3.8) is 0 Å². The molecule has 2 aliphatic rings. The zero-order chi connectivity index (χ0) is 54.2. The first-order valence-corrected chi connectivity index (χ1v) is 30.6. The van der Waals surface area contributed by atoms with Gasteiger partial charge in [-0.05, 0) is 77.3 Å². The highest BCUT2D eigenvalue weighted by molar-refractivity contribution is 7.99. The van der Waals surface area contributed by atoms with Crippen molar-refractivity contribution in [1.82, 2.24) is 0 Å². The molecule has 77 heavy (non-hydrogen) atoms. The Morgan fingerprint density at radius 3 is 1.42 bits per heavy atom. The zero-order valence-corrected chi connectivity index (χ0v) is 47.1. The van der Waals surface area contributed by atoms with Crippen LogP contribution in [0.15, 0.2) is 176 Å². The number of benzene rings is 6. The first-order valence-electron chi connectivity index (χ1n) is 26.6. The average molecular weight is 1080 g/mol. The first-order chi connectivity index (χ1) is 37.3. The third kappa shape index (κ3) is 16.1. The Balaban J connectivity index is 1.19. The number of aryl methyl sites for hydroxylation is 1. The highest BCUT2D eigenvalue weighted by atomic mass is 32.2. The Morgan fingerprint density at radius 1 is 0.494 bits per heavy atom. The summed E-state index contributed by atoms with van der Waals surface area (Å²) in [6, 6.07) is 55.6. The Kier molecular flexibility index (Phi) is 20.9. The number of carbonyl (C=O) groups is 2. The van der Waals surface area contributed by atoms with E-state index in [-0.39, 0.29) is 38.1 Å². The lowest BCUT2D eigenvalue weighted by Crippen LogP contribution is -2.65. The maximum atomic E-state index is 14.5. The minimum atomic E-state index is -2.65. The molecule has 0 unspecified atom stereocenters. The SMILES string of the molecule is CCS[C@@H]1O[C@H](CO[C@@H]2O[C@H](COCc3ccccc3)[C@@H](OCc3ccccc3)[C@H](OCc3ccccc3)[C@H]2OC(=O)c2ccc(C)cc2)[C@@H](OCc2ccccc2)[C@H](O[Si](C)(C)C(C)(C)C)[C@H]1OC(=O)c1ccccc1. The van der Waals surface area contributed by atoms with E-state index >= 15 is 0 Å². The Hall–Kier alpha value is -5.49. The van der Waals surface area contributed by atoms with Gasteiger partial charge in [0, 0.05) is 0 Å². The fourth-order valence-electron chi connectivity index (χ4n) is 8.96. The Morgan fingerprint density at radius 2 is 0.922 bits per heavy atom. The molecule has 0 aliphatic carbocycles. The molecule has 2 saturated heterocycles. The van der Waals surface area contributed by atoms with Gasteiger partial charge in [-0.15, -0.1) is 11.8 Å². The standard InChI is InChI=1S/C63H74O12SSi/c1-8-76-62-58(74-59(64)49-32-22-13-23-33-49)56(75-77(6,7)63(3,4)5)54(68-40-47-28-18-11-19-29-47)52(72-62)43-70-61-57(73-60(65)50-36-34-44(2)35-37-50)55(69-41-48-30-20-12-21-31-48)53(67-39-46-26-16-10-17-27-46)51(71-61)42-66-38-45-24-14-9-15-25-45/h9-37,51-58,61-62H,8,38-43H2,1-7H3/t51-,52-,53-,54-,55+,56+,57-,58-,61-,62+/m1/s1. The molecule has 0 bridgehead atoms. The van der Waals surface area contributed by atoms with Crippen molar-refractivity contribution in [3.8, 4) is 0 Å². The molecule has 6 aromatic rings. The predicted octanol–water partition coefficient (Wildman–Crippen LogP) is 12.3. The molecule has 14 heteroatoms. The summed E-state index contributed by atoms with van der Waals surface area (Å²) in [7, 11) is -2.65. The van der Waals surface area contributed by atoms with Gasteiger partial charge in [-0.25, -0.2) is 9.59 Å². The first kappa shape index (κ1) is 57.7. The van der Waals surface area contributed by atoms with E-state index in [4.69, 9.17) is 47.1 Å². The van der Waals surface area contributed by atoms with E-state index in [1.165, 1.54) is 11.8 Å². The van der Waals surface area contributed by atoms with Gasteiger partial charge in [-0.1, -0.05) is 185 Å². The number of carbonyl (C=O) groups excluding carboxylic acids is 2. The molecule has 10 atom stereocenters. The topological polar surface area (TPSA) is 126 Å². The van der Waals surface area contributed by atoms with Crippen LogP contribution in [0.3, 0.4) is 0 Å². The van der Waals surface area contributed by atoms with Crippen LogP contribution in [0, 0.1) is 6.92 Å². The maximum Gasteiger partial charge on any atom is 0.338 e. The molecule has 0 radical (unpaired) electrons. The monoisotopic (exact) mass is 1080 g/mol. The van der Waals surface area contributed by atoms with Gasteiger partial charge < -0.3 is 47.1 Å². The predicted molar refractivity (Wildman–Crippen MR) is 301 cm³/mol. The fraction of sp³-hybridized carbons (Fsp3) is 0.397. The normalized spacial score (nSPS) is 23.7. The van der Waals surface area contributed by atoms with Crippen molar-refractivity contribution in [2.24, 2.45) is 0 Å². The Labute approximate surface area is 460 Å². The highest BCUT2D eigenvalue weighted by Crippen LogP contribution is 2.43. The van der Waals surface area contributed by atoms with Crippen LogP contribution in [-0.2, 0) is 73.5 Å². The molecule has 0 N–H and O–H groups in total. The summed E-state index contributed by atoms with van der Waals surface area (Å²) in [4.78, 5) is 28.6. The summed E-state index contributed by atoms with van der Waals surface area (Å²) in [6.45, 7) is 15.7. The van der Waals surface area contributed by atoms with E-state index in [9.17, 15) is 9.59 Å². The van der Waals surface area contributed by atoms with Crippen LogP contribution in [0.2, 0.25) is 18.1 Å². The highest BCUT2D eigenvalue weighted by Gasteiger charge is 2.55. The summed E-state index contributed by atoms with van der Waals surface area (Å²) in [5.74, 6) is -0.455. The lowest BCUT2D eigenvalue weighted by atomic mass is 9.97. The van der Waals surface area contributed by atoms with Gasteiger partial charge in [0.2, 0.25) is 0 Å². The van der Waals surface area contributed by atoms with Crippen molar-refractivity contribution in [1.29, 1.82) is 0 Å². The molecule has 0 spiro atoms. The third-order valence-electron chi connectivity index (χ3n) is 14.2. The maximum absolute atomic E-state index is 14.5. The van der Waals surface area contributed by atoms with Crippen molar-refractivity contribution in [3.05, 3.63) is 215 Å². The molecule has 0 saturated carbocycles. The zero-order valence-electron chi connectivity index (χ0n) is 45.3. The summed E-state index contributed by atoms with van der Waals surface area (Å²) in [6.07, 6.45) is -8.39. The van der Waals surface area contributed by atoms with Gasteiger partial charge in [-0.3, -0.25) is 0 Å². The Bertz CT molecular complexity index is 2700. The van der Waals surface area contributed by atoms with Crippen molar-refractivity contribution >= 4 is 32.0 Å². The van der Waals surface area contributed by atoms with Gasteiger partial charge >= 0.3 is 11.9 Å². The van der Waals surface area contributed by atoms with Crippen LogP contribution < -0.4 is 0 Å². The third-order valence-corrected chi connectivity index (χ3v) is 19.7. The molecule has 2 aliphatic heterocycles. The lowest BCUT2D eigenvalue weighted by Gasteiger charge is -2.50. The van der Waals surface area contributed by atoms with Crippen molar-refractivity contribution in [2.45, 2.75) is 140 Å². The van der Waals surface area contributed by atoms with Crippen LogP contribution in [0.1, 0.15) is 76.2 Å². The van der Waals surface area contributed by atoms with E-state index in [0.29, 0.717) is 23.5 Å². The van der Waals surface area contributed by atoms with E-state index in [1.807, 2.05) is 166 Å². The second-order valence-electron chi connectivity index (χ2n) is 21.0. The van der Waals surface area contributed by atoms with E-state index in [1.54, 1.807) is 24.3 Å². The number of ether oxygens (including phenoxy) is 9. The molecule has 408 valence electrons. The van der Waals surface area contributed by atoms with Gasteiger partial charge in [0.25, 0.3) is 0 Å². The minimum Gasteiger partial charge on any atom is -0.452 e. The molecular formula is C63H74O12SSi. The number of rotatable bonds is 24. The van der Waals surface area contributed by atoms with Gasteiger partial charge in [0.05, 0.1) is 50.8 Å². The molecular weight excluding hydrogens is 1010 g/mol. The average Bonchev–Trinajstić information content (AvgIpc) is 3.47. The summed E-state index contributed by atoms with van der Waals surface area (Å²) in [5, 5.41) is -0.237. The fourth-order valence-corrected chi connectivity index (χ4v) is 11.2. The molecule has 0 amide bonds. The molecule has 2 fully saturated rings. The van der Waals surface area contributed by atoms with Crippen LogP contribution in [0.4, 0.5) is 0 Å². The van der Waals surface area contributed by atoms with Crippen LogP contribution in [0.5, 0.6) is 0 Å². The second kappa shape index (κ2) is 27.9. The van der Waals surface area contributed by atoms with Gasteiger partial charge in [-0.2, -0.15) is 0 Å². The number of esters is 2. The molecule has 2 heterocycles. The molecule has 8 rings (SSSR count). The molecule has 0 aromatic heterocycles. The van der Waals surface area contributed by atoms with E-state index < -0.39 is 80.8 Å². The summed E-state index contributed by atoms with van der Waals surface area (Å²) in [5.41, 5.74) is 4.79. The lowest BCUT2D eigenvalue weighted by molar-refractivity contribution is -0.326. The second-order valence-corrected chi connectivity index (χ2v) is 27.1. The molecule has 6 aromatic carbocycles. The summed E-state index contributed by atoms with van der Waals surface area (Å²) < 4.78 is 69.1. The quantitative estimate of drug-likeness (QED) is 0.0422. The van der Waals surface area contributed by atoms with Gasteiger partial charge in [0.1, 0.15) is 42.1 Å². The number of hydrogen-bond donors (Lipinski definition) is 0. The summed E-state index contributed by atoms with van der Waals surface area (Å²) >= 11 is 1.51. The van der Waals surface area contributed by atoms with E-state index in [2.05, 4.69) is 33.9 Å². The van der Waals surface area contributed by atoms with Crippen LogP contribution in [-0.4, -0.2) is 99.8 Å². The van der Waals surface area contributed by atoms with Crippen LogP contribution in [0.25, 0.3) is 0 Å². The van der Waals surface area contributed by atoms with Crippen molar-refractivity contribution < 1.29 is 56.6 Å². The van der Waals surface area contributed by atoms with Gasteiger partial charge in [0.15, 0.2) is 26.8 Å². The molecule has 12 nitrogen and oxygen atoms in total. The van der Waals surface area contributed by atoms with Crippen molar-refractivity contribution in [2.75, 3.05) is 19.0 Å². The largest absolute Gasteiger partial charge is 0.452 e.